The quantitative estimate of drug-likeness (QED) is 0.725. The van der Waals surface area contributed by atoms with Crippen LogP contribution in [0.5, 0.6) is 0 Å². The summed E-state index contributed by atoms with van der Waals surface area (Å²) in [7, 11) is 1.94. The third kappa shape index (κ3) is 3.15. The van der Waals surface area contributed by atoms with Crippen LogP contribution in [0.15, 0.2) is 48.8 Å². The number of amides is 2. The van der Waals surface area contributed by atoms with E-state index in [2.05, 4.69) is 10.3 Å². The third-order valence-corrected chi connectivity index (χ3v) is 6.32. The summed E-state index contributed by atoms with van der Waals surface area (Å²) in [5.74, 6) is -0.0915. The molecule has 3 heterocycles. The standard InChI is InChI=1S/C23H24N4O3/c1-26-15-24-19-12-17(6-7-20(19)26)25-21(28)13-23(8-10-30-11-9-23)27-14-16-4-2-3-5-18(16)22(27)29/h2-7,12,15H,8-11,13-14H2,1H3,(H,25,28). The fourth-order valence-electron chi connectivity index (χ4n) is 4.65. The molecule has 1 N–H and O–H groups in total. The largest absolute Gasteiger partial charge is 0.381 e. The van der Waals surface area contributed by atoms with Gasteiger partial charge in [0, 0.05) is 38.1 Å². The predicted molar refractivity (Wildman–Crippen MR) is 113 cm³/mol. The number of aryl methyl sites for hydroxylation is 1. The second-order valence-electron chi connectivity index (χ2n) is 8.17. The Hall–Kier alpha value is -3.19. The van der Waals surface area contributed by atoms with Gasteiger partial charge < -0.3 is 19.5 Å². The Morgan fingerprint density at radius 1 is 1.20 bits per heavy atom. The molecule has 3 aromatic rings. The maximum Gasteiger partial charge on any atom is 0.254 e. The molecule has 0 atom stereocenters. The van der Waals surface area contributed by atoms with Gasteiger partial charge in [0.25, 0.3) is 5.91 Å². The Kier molecular flexibility index (Phi) is 4.55. The van der Waals surface area contributed by atoms with Crippen LogP contribution in [0.3, 0.4) is 0 Å². The summed E-state index contributed by atoms with van der Waals surface area (Å²) < 4.78 is 7.51. The number of aromatic nitrogens is 2. The second-order valence-corrected chi connectivity index (χ2v) is 8.17. The van der Waals surface area contributed by atoms with Gasteiger partial charge in [-0.1, -0.05) is 18.2 Å². The fraction of sp³-hybridized carbons (Fsp3) is 0.348. The van der Waals surface area contributed by atoms with Crippen LogP contribution in [-0.4, -0.2) is 45.0 Å². The summed E-state index contributed by atoms with van der Waals surface area (Å²) in [5.41, 5.74) is 3.78. The monoisotopic (exact) mass is 404 g/mol. The first-order valence-corrected chi connectivity index (χ1v) is 10.2. The summed E-state index contributed by atoms with van der Waals surface area (Å²) in [5, 5.41) is 3.01. The lowest BCUT2D eigenvalue weighted by Crippen LogP contribution is -2.54. The molecule has 1 fully saturated rings. The van der Waals surface area contributed by atoms with Gasteiger partial charge in [-0.05, 0) is 42.7 Å². The SMILES string of the molecule is Cn1cnc2cc(NC(=O)CC3(N4Cc5ccccc5C4=O)CCOCC3)ccc21. The third-order valence-electron chi connectivity index (χ3n) is 6.32. The van der Waals surface area contributed by atoms with Crippen molar-refractivity contribution in [3.8, 4) is 0 Å². The van der Waals surface area contributed by atoms with Crippen molar-refractivity contribution in [3.05, 3.63) is 59.9 Å². The normalized spacial score (nSPS) is 17.9. The molecule has 154 valence electrons. The molecule has 2 aromatic carbocycles. The number of ether oxygens (including phenoxy) is 1. The van der Waals surface area contributed by atoms with Gasteiger partial charge in [0.15, 0.2) is 0 Å². The molecule has 1 saturated heterocycles. The molecule has 7 nitrogen and oxygen atoms in total. The lowest BCUT2D eigenvalue weighted by atomic mass is 9.84. The van der Waals surface area contributed by atoms with Crippen molar-refractivity contribution < 1.29 is 14.3 Å². The molecular formula is C23H24N4O3. The highest BCUT2D eigenvalue weighted by Gasteiger charge is 2.46. The molecule has 5 rings (SSSR count). The van der Waals surface area contributed by atoms with Crippen molar-refractivity contribution in [2.24, 2.45) is 7.05 Å². The molecule has 2 amide bonds. The van der Waals surface area contributed by atoms with Gasteiger partial charge >= 0.3 is 0 Å². The molecule has 30 heavy (non-hydrogen) atoms. The van der Waals surface area contributed by atoms with E-state index < -0.39 is 5.54 Å². The Labute approximate surface area is 174 Å². The minimum Gasteiger partial charge on any atom is -0.381 e. The zero-order valence-electron chi connectivity index (χ0n) is 16.9. The van der Waals surface area contributed by atoms with E-state index in [0.717, 1.165) is 22.2 Å². The topological polar surface area (TPSA) is 76.5 Å². The van der Waals surface area contributed by atoms with Crippen molar-refractivity contribution in [3.63, 3.8) is 0 Å². The number of carbonyl (C=O) groups excluding carboxylic acids is 2. The van der Waals surface area contributed by atoms with E-state index >= 15 is 0 Å². The number of hydrogen-bond acceptors (Lipinski definition) is 4. The van der Waals surface area contributed by atoms with Crippen molar-refractivity contribution in [2.45, 2.75) is 31.3 Å². The van der Waals surface area contributed by atoms with Crippen LogP contribution in [0.4, 0.5) is 5.69 Å². The van der Waals surface area contributed by atoms with Crippen molar-refractivity contribution in [1.29, 1.82) is 0 Å². The number of nitrogens with zero attached hydrogens (tertiary/aromatic N) is 3. The summed E-state index contributed by atoms with van der Waals surface area (Å²) in [6, 6.07) is 13.4. The van der Waals surface area contributed by atoms with Gasteiger partial charge in [0.2, 0.25) is 5.91 Å². The number of benzene rings is 2. The Balaban J connectivity index is 1.38. The van der Waals surface area contributed by atoms with Gasteiger partial charge in [-0.3, -0.25) is 9.59 Å². The van der Waals surface area contributed by atoms with Crippen LogP contribution >= 0.6 is 0 Å². The van der Waals surface area contributed by atoms with E-state index in [1.807, 2.05) is 59.0 Å². The van der Waals surface area contributed by atoms with Gasteiger partial charge in [-0.15, -0.1) is 0 Å². The minimum absolute atomic E-state index is 0.00945. The van der Waals surface area contributed by atoms with Crippen molar-refractivity contribution in [1.82, 2.24) is 14.5 Å². The Bertz CT molecular complexity index is 1130. The molecule has 0 radical (unpaired) electrons. The lowest BCUT2D eigenvalue weighted by Gasteiger charge is -2.44. The molecule has 7 heteroatoms. The van der Waals surface area contributed by atoms with Crippen LogP contribution in [0.2, 0.25) is 0 Å². The maximum atomic E-state index is 13.1. The second kappa shape index (κ2) is 7.25. The predicted octanol–water partition coefficient (Wildman–Crippen LogP) is 3.11. The highest BCUT2D eigenvalue weighted by atomic mass is 16.5. The van der Waals surface area contributed by atoms with Crippen LogP contribution in [0, 0.1) is 0 Å². The van der Waals surface area contributed by atoms with E-state index in [1.165, 1.54) is 0 Å². The minimum atomic E-state index is -0.534. The van der Waals surface area contributed by atoms with Crippen LogP contribution < -0.4 is 5.32 Å². The number of carbonyl (C=O) groups is 2. The number of imidazole rings is 1. The molecule has 2 aliphatic heterocycles. The van der Waals surface area contributed by atoms with E-state index in [9.17, 15) is 9.59 Å². The van der Waals surface area contributed by atoms with E-state index in [-0.39, 0.29) is 18.2 Å². The number of fused-ring (bicyclic) bond motifs is 2. The van der Waals surface area contributed by atoms with E-state index in [1.54, 1.807) is 6.33 Å². The zero-order chi connectivity index (χ0) is 20.7. The summed E-state index contributed by atoms with van der Waals surface area (Å²) >= 11 is 0. The highest BCUT2D eigenvalue weighted by Crippen LogP contribution is 2.38. The molecule has 0 aliphatic carbocycles. The lowest BCUT2D eigenvalue weighted by molar-refractivity contribution is -0.120. The summed E-state index contributed by atoms with van der Waals surface area (Å²) in [4.78, 5) is 32.4. The average Bonchev–Trinajstić information content (AvgIpc) is 3.29. The van der Waals surface area contributed by atoms with Crippen molar-refractivity contribution in [2.75, 3.05) is 18.5 Å². The first kappa shape index (κ1) is 18.8. The number of nitrogens with one attached hydrogen (secondary N) is 1. The smallest absolute Gasteiger partial charge is 0.254 e. The first-order chi connectivity index (χ1) is 14.6. The maximum absolute atomic E-state index is 13.1. The molecule has 2 aliphatic rings. The summed E-state index contributed by atoms with van der Waals surface area (Å²) in [6.45, 7) is 1.64. The molecular weight excluding hydrogens is 380 g/mol. The van der Waals surface area contributed by atoms with Crippen LogP contribution in [0.1, 0.15) is 35.2 Å². The Morgan fingerprint density at radius 3 is 2.80 bits per heavy atom. The summed E-state index contributed by atoms with van der Waals surface area (Å²) in [6.07, 6.45) is 3.30. The van der Waals surface area contributed by atoms with Gasteiger partial charge in [0.1, 0.15) is 0 Å². The molecule has 0 unspecified atom stereocenters. The van der Waals surface area contributed by atoms with Gasteiger partial charge in [-0.2, -0.15) is 0 Å². The number of anilines is 1. The molecule has 0 saturated carbocycles. The molecule has 1 aromatic heterocycles. The number of rotatable bonds is 4. The molecule has 0 bridgehead atoms. The fourth-order valence-corrected chi connectivity index (χ4v) is 4.65. The zero-order valence-corrected chi connectivity index (χ0v) is 16.9. The van der Waals surface area contributed by atoms with Crippen LogP contribution in [-0.2, 0) is 23.1 Å². The van der Waals surface area contributed by atoms with Crippen LogP contribution in [0.25, 0.3) is 11.0 Å². The van der Waals surface area contributed by atoms with Crippen molar-refractivity contribution >= 4 is 28.5 Å². The van der Waals surface area contributed by atoms with Gasteiger partial charge in [0.05, 0.1) is 29.3 Å². The highest BCUT2D eigenvalue weighted by molar-refractivity contribution is 6.00. The van der Waals surface area contributed by atoms with E-state index in [4.69, 9.17) is 4.74 Å². The van der Waals surface area contributed by atoms with E-state index in [0.29, 0.717) is 38.3 Å². The van der Waals surface area contributed by atoms with Gasteiger partial charge in [-0.25, -0.2) is 4.98 Å². The first-order valence-electron chi connectivity index (χ1n) is 10.2. The Morgan fingerprint density at radius 2 is 2.00 bits per heavy atom. The number of hydrogen-bond donors (Lipinski definition) is 1. The molecule has 0 spiro atoms. The average molecular weight is 404 g/mol.